The van der Waals surface area contributed by atoms with Gasteiger partial charge in [0, 0.05) is 15.4 Å². The van der Waals surface area contributed by atoms with Gasteiger partial charge in [0.15, 0.2) is 5.78 Å². The topological polar surface area (TPSA) is 43.4 Å². The zero-order chi connectivity index (χ0) is 11.4. The summed E-state index contributed by atoms with van der Waals surface area (Å²) in [5, 5.41) is 0. The number of esters is 1. The van der Waals surface area contributed by atoms with Crippen molar-refractivity contribution >= 4 is 34.3 Å². The largest absolute Gasteiger partial charge is 0.456 e. The third-order valence-electron chi connectivity index (χ3n) is 3.95. The van der Waals surface area contributed by atoms with Crippen LogP contribution in [0.2, 0.25) is 0 Å². The van der Waals surface area contributed by atoms with Gasteiger partial charge in [-0.15, -0.1) is 6.58 Å². The minimum absolute atomic E-state index is 0.0555. The van der Waals surface area contributed by atoms with E-state index in [0.29, 0.717) is 0 Å². The number of carbonyl (C=O) groups excluding carboxylic acids is 2. The monoisotopic (exact) mass is 330 g/mol. The summed E-state index contributed by atoms with van der Waals surface area (Å²) in [4.78, 5) is 23.7. The van der Waals surface area contributed by atoms with Crippen molar-refractivity contribution in [1.29, 1.82) is 0 Å². The van der Waals surface area contributed by atoms with Crippen LogP contribution in [-0.4, -0.2) is 17.9 Å². The second-order valence-corrected chi connectivity index (χ2v) is 5.88. The van der Waals surface area contributed by atoms with E-state index in [1.165, 1.54) is 0 Å². The van der Waals surface area contributed by atoms with Crippen molar-refractivity contribution in [1.82, 2.24) is 0 Å². The fourth-order valence-electron chi connectivity index (χ4n) is 3.27. The Morgan fingerprint density at radius 2 is 2.25 bits per heavy atom. The van der Waals surface area contributed by atoms with Gasteiger partial charge < -0.3 is 4.74 Å². The van der Waals surface area contributed by atoms with Crippen LogP contribution >= 0.6 is 22.6 Å². The summed E-state index contributed by atoms with van der Waals surface area (Å²) in [6.45, 7) is 3.77. The molecule has 84 valence electrons. The Morgan fingerprint density at radius 1 is 1.50 bits per heavy atom. The Hall–Kier alpha value is -0.650. The van der Waals surface area contributed by atoms with Crippen LogP contribution < -0.4 is 0 Å². The van der Waals surface area contributed by atoms with Gasteiger partial charge >= 0.3 is 5.97 Å². The van der Waals surface area contributed by atoms with Crippen molar-refractivity contribution in [2.45, 2.75) is 12.5 Å². The van der Waals surface area contributed by atoms with Gasteiger partial charge in [0.2, 0.25) is 0 Å². The lowest BCUT2D eigenvalue weighted by molar-refractivity contribution is -0.144. The molecule has 0 bridgehead atoms. The Morgan fingerprint density at radius 3 is 2.94 bits per heavy atom. The van der Waals surface area contributed by atoms with Gasteiger partial charge in [0.25, 0.3) is 0 Å². The van der Waals surface area contributed by atoms with Crippen LogP contribution in [0.5, 0.6) is 0 Å². The number of rotatable bonds is 1. The van der Waals surface area contributed by atoms with Crippen LogP contribution in [-0.2, 0) is 14.3 Å². The van der Waals surface area contributed by atoms with E-state index in [-0.39, 0.29) is 41.5 Å². The molecule has 2 aliphatic carbocycles. The van der Waals surface area contributed by atoms with Crippen LogP contribution in [0, 0.1) is 23.7 Å². The van der Waals surface area contributed by atoms with Crippen molar-refractivity contribution in [2.75, 3.05) is 0 Å². The van der Waals surface area contributed by atoms with E-state index < -0.39 is 0 Å². The minimum atomic E-state index is -0.175. The molecule has 5 atom stereocenters. The zero-order valence-corrected chi connectivity index (χ0v) is 10.7. The van der Waals surface area contributed by atoms with E-state index in [0.717, 1.165) is 10.0 Å². The summed E-state index contributed by atoms with van der Waals surface area (Å²) in [5.41, 5.74) is 0. The molecule has 0 aromatic heterocycles. The molecule has 3 aliphatic rings. The smallest absolute Gasteiger partial charge is 0.310 e. The summed E-state index contributed by atoms with van der Waals surface area (Å²) in [5.74, 6) is 0.00866. The minimum Gasteiger partial charge on any atom is -0.456 e. The zero-order valence-electron chi connectivity index (χ0n) is 8.56. The molecule has 1 saturated carbocycles. The first-order valence-electron chi connectivity index (χ1n) is 5.37. The fourth-order valence-corrected chi connectivity index (χ4v) is 4.12. The summed E-state index contributed by atoms with van der Waals surface area (Å²) in [6.07, 6.45) is 3.99. The van der Waals surface area contributed by atoms with E-state index in [2.05, 4.69) is 29.2 Å². The highest BCUT2D eigenvalue weighted by Crippen LogP contribution is 2.54. The van der Waals surface area contributed by atoms with E-state index in [9.17, 15) is 9.59 Å². The predicted octanol–water partition coefficient (Wildman–Crippen LogP) is 1.87. The van der Waals surface area contributed by atoms with Gasteiger partial charge in [-0.1, -0.05) is 6.08 Å². The number of ether oxygens (including phenoxy) is 1. The molecule has 0 aromatic rings. The maximum atomic E-state index is 12.0. The van der Waals surface area contributed by atoms with E-state index >= 15 is 0 Å². The molecule has 0 radical (unpaired) electrons. The molecule has 1 aliphatic heterocycles. The van der Waals surface area contributed by atoms with Crippen molar-refractivity contribution in [3.8, 4) is 0 Å². The van der Waals surface area contributed by atoms with Crippen molar-refractivity contribution in [3.63, 3.8) is 0 Å². The highest BCUT2D eigenvalue weighted by Gasteiger charge is 2.59. The molecule has 0 aromatic carbocycles. The standard InChI is InChI=1S/C12H11IO3/c1-2-5-3-6-10-9(5)8(14)4-7(13)11(10)16-12(6)15/h2,4-6,9-11H,1,3H2/t5-,6?,9-,10-,11+/m0/s1. The highest BCUT2D eigenvalue weighted by atomic mass is 127. The first-order valence-corrected chi connectivity index (χ1v) is 6.45. The summed E-state index contributed by atoms with van der Waals surface area (Å²) < 4.78 is 6.22. The van der Waals surface area contributed by atoms with E-state index in [1.54, 1.807) is 6.08 Å². The molecule has 1 saturated heterocycles. The lowest BCUT2D eigenvalue weighted by atomic mass is 9.78. The number of carbonyl (C=O) groups is 2. The molecule has 1 heterocycles. The first-order chi connectivity index (χ1) is 7.63. The second-order valence-electron chi connectivity index (χ2n) is 4.63. The molecule has 2 fully saturated rings. The molecule has 16 heavy (non-hydrogen) atoms. The molecular formula is C12H11IO3. The normalized spacial score (nSPS) is 45.1. The summed E-state index contributed by atoms with van der Waals surface area (Å²) >= 11 is 2.10. The molecule has 3 nitrogen and oxygen atoms in total. The maximum absolute atomic E-state index is 12.0. The Balaban J connectivity index is 2.09. The molecule has 4 heteroatoms. The van der Waals surface area contributed by atoms with Crippen molar-refractivity contribution < 1.29 is 14.3 Å². The Labute approximate surface area is 107 Å². The Bertz CT molecular complexity index is 426. The third kappa shape index (κ3) is 1.19. The number of hydrogen-bond donors (Lipinski definition) is 0. The average Bonchev–Trinajstić information content (AvgIpc) is 2.75. The lowest BCUT2D eigenvalue weighted by Gasteiger charge is -2.28. The van der Waals surface area contributed by atoms with Crippen molar-refractivity contribution in [2.24, 2.45) is 23.7 Å². The molecule has 0 spiro atoms. The Kier molecular flexibility index (Phi) is 2.24. The third-order valence-corrected chi connectivity index (χ3v) is 4.87. The van der Waals surface area contributed by atoms with Crippen molar-refractivity contribution in [3.05, 3.63) is 22.3 Å². The summed E-state index contributed by atoms with van der Waals surface area (Å²) in [6, 6.07) is 0. The van der Waals surface area contributed by atoms with Crippen LogP contribution in [0.3, 0.4) is 0 Å². The molecule has 0 amide bonds. The highest BCUT2D eigenvalue weighted by molar-refractivity contribution is 14.1. The molecule has 3 rings (SSSR count). The van der Waals surface area contributed by atoms with Gasteiger partial charge in [0.1, 0.15) is 6.10 Å². The van der Waals surface area contributed by atoms with Gasteiger partial charge in [0.05, 0.1) is 5.92 Å². The lowest BCUT2D eigenvalue weighted by Crippen LogP contribution is -2.35. The quantitative estimate of drug-likeness (QED) is 0.419. The van der Waals surface area contributed by atoms with Gasteiger partial charge in [-0.2, -0.15) is 0 Å². The number of hydrogen-bond acceptors (Lipinski definition) is 3. The predicted molar refractivity (Wildman–Crippen MR) is 65.8 cm³/mol. The average molecular weight is 330 g/mol. The van der Waals surface area contributed by atoms with Crippen LogP contribution in [0.1, 0.15) is 6.42 Å². The summed E-state index contributed by atoms with van der Waals surface area (Å²) in [7, 11) is 0. The number of ketones is 1. The van der Waals surface area contributed by atoms with Gasteiger partial charge in [-0.3, -0.25) is 9.59 Å². The van der Waals surface area contributed by atoms with E-state index in [4.69, 9.17) is 4.74 Å². The molecular weight excluding hydrogens is 319 g/mol. The fraction of sp³-hybridized carbons (Fsp3) is 0.500. The van der Waals surface area contributed by atoms with Crippen LogP contribution in [0.4, 0.5) is 0 Å². The maximum Gasteiger partial charge on any atom is 0.310 e. The second kappa shape index (κ2) is 3.42. The first kappa shape index (κ1) is 10.5. The van der Waals surface area contributed by atoms with Gasteiger partial charge in [-0.25, -0.2) is 0 Å². The van der Waals surface area contributed by atoms with Crippen LogP contribution in [0.15, 0.2) is 22.3 Å². The molecule has 1 unspecified atom stereocenters. The van der Waals surface area contributed by atoms with Crippen LogP contribution in [0.25, 0.3) is 0 Å². The number of halogens is 1. The SMILES string of the molecule is C=C[C@H]1CC2C(=O)O[C@@H]3C(I)=CC(=O)[C@H]1[C@H]23. The van der Waals surface area contributed by atoms with E-state index in [1.807, 2.05) is 6.08 Å². The number of allylic oxidation sites excluding steroid dienone is 2. The molecule has 0 N–H and O–H groups in total. The van der Waals surface area contributed by atoms with Gasteiger partial charge in [-0.05, 0) is 41.0 Å².